The van der Waals surface area contributed by atoms with Gasteiger partial charge in [-0.25, -0.2) is 0 Å². The maximum absolute atomic E-state index is 13.3. The Hall–Kier alpha value is -3.55. The van der Waals surface area contributed by atoms with E-state index in [-0.39, 0.29) is 24.1 Å². The number of Topliss-reactive ketones (excluding diaryl/α,β-unsaturated/α-hetero) is 1. The van der Waals surface area contributed by atoms with E-state index in [4.69, 9.17) is 4.74 Å². The van der Waals surface area contributed by atoms with Crippen LogP contribution in [-0.4, -0.2) is 23.2 Å². The molecule has 0 saturated heterocycles. The van der Waals surface area contributed by atoms with Gasteiger partial charge in [-0.1, -0.05) is 42.5 Å². The summed E-state index contributed by atoms with van der Waals surface area (Å²) in [7, 11) is 0. The molecule has 0 amide bonds. The summed E-state index contributed by atoms with van der Waals surface area (Å²) in [6, 6.07) is 16.2. The highest BCUT2D eigenvalue weighted by Gasteiger charge is 2.55. The van der Waals surface area contributed by atoms with Gasteiger partial charge in [-0.15, -0.1) is 13.2 Å². The van der Waals surface area contributed by atoms with Crippen molar-refractivity contribution in [3.05, 3.63) is 71.8 Å². The van der Waals surface area contributed by atoms with Gasteiger partial charge >= 0.3 is 12.3 Å². The van der Waals surface area contributed by atoms with Crippen LogP contribution >= 0.6 is 0 Å². The fraction of sp³-hybridized carbons (Fsp3) is 0.308. The molecule has 8 heteroatoms. The third-order valence-corrected chi connectivity index (χ3v) is 6.29. The van der Waals surface area contributed by atoms with E-state index in [0.717, 1.165) is 10.8 Å². The van der Waals surface area contributed by atoms with Crippen molar-refractivity contribution in [3.8, 4) is 11.5 Å². The lowest BCUT2D eigenvalue weighted by Crippen LogP contribution is -2.27. The predicted octanol–water partition coefficient (Wildman–Crippen LogP) is 6.25. The highest BCUT2D eigenvalue weighted by molar-refractivity contribution is 6.07. The number of carboxylic acids is 1. The molecule has 178 valence electrons. The molecule has 1 fully saturated rings. The lowest BCUT2D eigenvalue weighted by atomic mass is 9.85. The predicted molar refractivity (Wildman–Crippen MR) is 119 cm³/mol. The van der Waals surface area contributed by atoms with E-state index in [1.54, 1.807) is 19.9 Å². The minimum absolute atomic E-state index is 0.0231. The molecule has 34 heavy (non-hydrogen) atoms. The molecule has 0 heterocycles. The van der Waals surface area contributed by atoms with Crippen LogP contribution in [0.1, 0.15) is 36.2 Å². The van der Waals surface area contributed by atoms with Crippen LogP contribution in [0.3, 0.4) is 0 Å². The monoisotopic (exact) mass is 472 g/mol. The molecule has 0 aliphatic heterocycles. The number of halogens is 3. The molecule has 5 nitrogen and oxygen atoms in total. The Bertz CT molecular complexity index is 1230. The number of carbonyl (C=O) groups excluding carboxylic acids is 1. The van der Waals surface area contributed by atoms with E-state index in [9.17, 15) is 27.9 Å². The van der Waals surface area contributed by atoms with Crippen LogP contribution in [0.25, 0.3) is 10.8 Å². The molecule has 2 atom stereocenters. The summed E-state index contributed by atoms with van der Waals surface area (Å²) in [4.78, 5) is 24.9. The van der Waals surface area contributed by atoms with Gasteiger partial charge in [0, 0.05) is 11.3 Å². The van der Waals surface area contributed by atoms with Crippen LogP contribution in [0.15, 0.2) is 60.7 Å². The number of fused-ring (bicyclic) bond motifs is 1. The molecule has 1 aliphatic carbocycles. The minimum atomic E-state index is -4.77. The van der Waals surface area contributed by atoms with Gasteiger partial charge in [0.2, 0.25) is 0 Å². The number of ketones is 1. The number of carbonyl (C=O) groups is 2. The van der Waals surface area contributed by atoms with E-state index >= 15 is 0 Å². The Kier molecular flexibility index (Phi) is 6.02. The maximum Gasteiger partial charge on any atom is 0.573 e. The molecule has 1 N–H and O–H groups in total. The smallest absolute Gasteiger partial charge is 0.487 e. The zero-order chi connectivity index (χ0) is 24.7. The Morgan fingerprint density at radius 3 is 2.32 bits per heavy atom. The molecule has 3 aromatic rings. The first kappa shape index (κ1) is 23.6. The van der Waals surface area contributed by atoms with Gasteiger partial charge in [-0.05, 0) is 55.3 Å². The number of benzene rings is 3. The Labute approximate surface area is 194 Å². The normalized spacial score (nSPS) is 17.9. The summed E-state index contributed by atoms with van der Waals surface area (Å²) in [6.07, 6.45) is -4.28. The molecular weight excluding hydrogens is 449 g/mol. The first-order valence-corrected chi connectivity index (χ1v) is 10.7. The lowest BCUT2D eigenvalue weighted by Gasteiger charge is -2.19. The van der Waals surface area contributed by atoms with Crippen LogP contribution in [0.2, 0.25) is 0 Å². The average molecular weight is 472 g/mol. The SMILES string of the molecule is CC(C)(C(=O)O)C1CC1C(=O)c1ccc2ccccc2c1OCc1ccc(OC(F)(F)F)cc1. The fourth-order valence-electron chi connectivity index (χ4n) is 4.18. The van der Waals surface area contributed by atoms with Crippen molar-refractivity contribution in [3.63, 3.8) is 0 Å². The molecule has 0 radical (unpaired) electrons. The van der Waals surface area contributed by atoms with Gasteiger partial charge < -0.3 is 14.6 Å². The van der Waals surface area contributed by atoms with E-state index in [1.807, 2.05) is 30.3 Å². The zero-order valence-electron chi connectivity index (χ0n) is 18.6. The summed E-state index contributed by atoms with van der Waals surface area (Å²) in [5, 5.41) is 11.1. The summed E-state index contributed by atoms with van der Waals surface area (Å²) in [5.41, 5.74) is -0.0557. The molecule has 0 spiro atoms. The van der Waals surface area contributed by atoms with E-state index in [0.29, 0.717) is 23.3 Å². The van der Waals surface area contributed by atoms with Crippen molar-refractivity contribution in [2.45, 2.75) is 33.2 Å². The number of rotatable bonds is 8. The number of alkyl halides is 3. The highest BCUT2D eigenvalue weighted by atomic mass is 19.4. The largest absolute Gasteiger partial charge is 0.573 e. The van der Waals surface area contributed by atoms with Crippen molar-refractivity contribution < 1.29 is 37.3 Å². The first-order valence-electron chi connectivity index (χ1n) is 10.7. The Morgan fingerprint density at radius 2 is 1.68 bits per heavy atom. The molecule has 4 rings (SSSR count). The molecule has 1 saturated carbocycles. The standard InChI is InChI=1S/C26H23F3O5/c1-25(2,24(31)32)21-13-20(21)22(30)19-12-9-16-5-3-4-6-18(16)23(19)33-14-15-7-10-17(11-8-15)34-26(27,28)29/h3-12,20-21H,13-14H2,1-2H3,(H,31,32). The number of hydrogen-bond donors (Lipinski definition) is 1. The average Bonchev–Trinajstić information content (AvgIpc) is 3.58. The van der Waals surface area contributed by atoms with Crippen LogP contribution in [0, 0.1) is 17.3 Å². The zero-order valence-corrected chi connectivity index (χ0v) is 18.6. The quantitative estimate of drug-likeness (QED) is 0.393. The van der Waals surface area contributed by atoms with Crippen molar-refractivity contribution in [1.29, 1.82) is 0 Å². The van der Waals surface area contributed by atoms with Crippen LogP contribution in [-0.2, 0) is 11.4 Å². The van der Waals surface area contributed by atoms with Crippen molar-refractivity contribution in [2.75, 3.05) is 0 Å². The molecule has 3 aromatic carbocycles. The maximum atomic E-state index is 13.3. The van der Waals surface area contributed by atoms with Gasteiger partial charge in [0.1, 0.15) is 18.1 Å². The number of hydrogen-bond acceptors (Lipinski definition) is 4. The summed E-state index contributed by atoms with van der Waals surface area (Å²) < 4.78 is 47.1. The van der Waals surface area contributed by atoms with Crippen LogP contribution < -0.4 is 9.47 Å². The third kappa shape index (κ3) is 4.85. The van der Waals surface area contributed by atoms with Crippen LogP contribution in [0.5, 0.6) is 11.5 Å². The third-order valence-electron chi connectivity index (χ3n) is 6.29. The van der Waals surface area contributed by atoms with Gasteiger partial charge in [-0.2, -0.15) is 0 Å². The molecule has 0 aromatic heterocycles. The van der Waals surface area contributed by atoms with E-state index in [2.05, 4.69) is 4.74 Å². The first-order chi connectivity index (χ1) is 16.0. The second-order valence-electron chi connectivity index (χ2n) is 8.98. The van der Waals surface area contributed by atoms with Crippen molar-refractivity contribution >= 4 is 22.5 Å². The summed E-state index contributed by atoms with van der Waals surface area (Å²) in [5.74, 6) is -1.75. The van der Waals surface area contributed by atoms with Gasteiger partial charge in [0.05, 0.1) is 11.0 Å². The number of carboxylic acid groups (broad SMARTS) is 1. The van der Waals surface area contributed by atoms with Crippen LogP contribution in [0.4, 0.5) is 13.2 Å². The number of ether oxygens (including phenoxy) is 2. The minimum Gasteiger partial charge on any atom is -0.487 e. The molecule has 1 aliphatic rings. The molecule has 2 unspecified atom stereocenters. The lowest BCUT2D eigenvalue weighted by molar-refractivity contribution is -0.274. The topological polar surface area (TPSA) is 72.8 Å². The Morgan fingerprint density at radius 1 is 1.00 bits per heavy atom. The second kappa shape index (κ2) is 8.66. The Balaban J connectivity index is 1.59. The van der Waals surface area contributed by atoms with Gasteiger partial charge in [0.15, 0.2) is 5.78 Å². The number of aliphatic carboxylic acids is 1. The molecular formula is C26H23F3O5. The summed E-state index contributed by atoms with van der Waals surface area (Å²) >= 11 is 0. The van der Waals surface area contributed by atoms with Crippen molar-refractivity contribution in [1.82, 2.24) is 0 Å². The van der Waals surface area contributed by atoms with Crippen molar-refractivity contribution in [2.24, 2.45) is 17.3 Å². The van der Waals surface area contributed by atoms with E-state index < -0.39 is 23.7 Å². The fourth-order valence-corrected chi connectivity index (χ4v) is 4.18. The van der Waals surface area contributed by atoms with Gasteiger partial charge in [-0.3, -0.25) is 9.59 Å². The highest BCUT2D eigenvalue weighted by Crippen LogP contribution is 2.53. The second-order valence-corrected chi connectivity index (χ2v) is 8.98. The molecule has 0 bridgehead atoms. The van der Waals surface area contributed by atoms with E-state index in [1.165, 1.54) is 24.3 Å². The summed E-state index contributed by atoms with van der Waals surface area (Å²) in [6.45, 7) is 3.27. The van der Waals surface area contributed by atoms with Gasteiger partial charge in [0.25, 0.3) is 0 Å².